The predicted molar refractivity (Wildman–Crippen MR) is 87.9 cm³/mol. The highest BCUT2D eigenvalue weighted by Gasteiger charge is 2.49. The van der Waals surface area contributed by atoms with E-state index >= 15 is 0 Å². The van der Waals surface area contributed by atoms with E-state index in [-0.39, 0.29) is 34.6 Å². The Labute approximate surface area is 133 Å². The van der Waals surface area contributed by atoms with Crippen molar-refractivity contribution in [2.75, 3.05) is 16.4 Å². The van der Waals surface area contributed by atoms with E-state index in [1.165, 1.54) is 11.8 Å². The van der Waals surface area contributed by atoms with E-state index in [0.29, 0.717) is 5.17 Å². The number of anilines is 1. The monoisotopic (exact) mass is 336 g/mol. The molecular formula is C15H16N2O3S2. The summed E-state index contributed by atoms with van der Waals surface area (Å²) in [5.41, 5.74) is 0.905. The molecule has 0 N–H and O–H groups in total. The summed E-state index contributed by atoms with van der Waals surface area (Å²) in [6, 6.07) is 9.49. The largest absolute Gasteiger partial charge is 0.316 e. The third kappa shape index (κ3) is 2.56. The van der Waals surface area contributed by atoms with E-state index in [9.17, 15) is 13.2 Å². The first-order valence-corrected chi connectivity index (χ1v) is 10.1. The maximum atomic E-state index is 12.0. The predicted octanol–water partition coefficient (Wildman–Crippen LogP) is 1.70. The Hall–Kier alpha value is -1.34. The van der Waals surface area contributed by atoms with Gasteiger partial charge < -0.3 is 4.90 Å². The third-order valence-electron chi connectivity index (χ3n) is 4.23. The zero-order valence-electron chi connectivity index (χ0n) is 11.9. The number of amidine groups is 1. The summed E-state index contributed by atoms with van der Waals surface area (Å²) in [4.78, 5) is 18.3. The van der Waals surface area contributed by atoms with E-state index < -0.39 is 9.84 Å². The molecule has 7 heteroatoms. The molecule has 5 nitrogen and oxygen atoms in total. The lowest BCUT2D eigenvalue weighted by Gasteiger charge is -2.24. The van der Waals surface area contributed by atoms with Crippen molar-refractivity contribution in [1.82, 2.24) is 0 Å². The first kappa shape index (κ1) is 14.3. The highest BCUT2D eigenvalue weighted by atomic mass is 32.2. The third-order valence-corrected chi connectivity index (χ3v) is 7.44. The number of nitrogens with zero attached hydrogens (tertiary/aromatic N) is 2. The van der Waals surface area contributed by atoms with Crippen molar-refractivity contribution in [2.24, 2.45) is 10.9 Å². The van der Waals surface area contributed by atoms with Crippen molar-refractivity contribution in [3.05, 3.63) is 30.3 Å². The second kappa shape index (κ2) is 5.09. The molecule has 3 aliphatic rings. The van der Waals surface area contributed by atoms with Crippen LogP contribution in [0.15, 0.2) is 35.3 Å². The molecule has 1 aromatic carbocycles. The minimum atomic E-state index is -3.00. The Morgan fingerprint density at radius 2 is 1.91 bits per heavy atom. The fraction of sp³-hybridized carbons (Fsp3) is 0.467. The van der Waals surface area contributed by atoms with Gasteiger partial charge in [-0.15, -0.1) is 0 Å². The van der Waals surface area contributed by atoms with E-state index in [4.69, 9.17) is 0 Å². The maximum absolute atomic E-state index is 12.0. The SMILES string of the molecule is O=C(N=C1S[C@H]2CS(=O)(=O)C[C@H]2N1c1ccccc1)C1CC1. The number of para-hydroxylation sites is 1. The standard InChI is InChI=1S/C15H16N2O3S2/c18-14(10-6-7-10)16-15-17(11-4-2-1-3-5-11)12-8-22(19,20)9-13(12)21-15/h1-5,10,12-13H,6-9H2/t12-,13+/m1/s1. The van der Waals surface area contributed by atoms with E-state index in [2.05, 4.69) is 4.99 Å². The Bertz CT molecular complexity index is 741. The molecule has 0 spiro atoms. The Morgan fingerprint density at radius 1 is 1.18 bits per heavy atom. The Balaban J connectivity index is 1.71. The molecule has 1 amide bonds. The number of thioether (sulfide) groups is 1. The topological polar surface area (TPSA) is 66.8 Å². The average Bonchev–Trinajstić information content (AvgIpc) is 3.21. The van der Waals surface area contributed by atoms with Gasteiger partial charge in [0, 0.05) is 16.9 Å². The smallest absolute Gasteiger partial charge is 0.251 e. The highest BCUT2D eigenvalue weighted by molar-refractivity contribution is 8.16. The second-order valence-corrected chi connectivity index (χ2v) is 9.37. The molecule has 0 unspecified atom stereocenters. The lowest BCUT2D eigenvalue weighted by Crippen LogP contribution is -2.37. The fourth-order valence-electron chi connectivity index (χ4n) is 2.97. The van der Waals surface area contributed by atoms with Crippen molar-refractivity contribution in [1.29, 1.82) is 0 Å². The van der Waals surface area contributed by atoms with Crippen LogP contribution < -0.4 is 4.90 Å². The van der Waals surface area contributed by atoms with Gasteiger partial charge in [0.25, 0.3) is 5.91 Å². The van der Waals surface area contributed by atoms with Crippen molar-refractivity contribution in [3.63, 3.8) is 0 Å². The summed E-state index contributed by atoms with van der Waals surface area (Å²) in [5, 5.41) is 0.629. The van der Waals surface area contributed by atoms with Crippen LogP contribution in [0.5, 0.6) is 0 Å². The number of fused-ring (bicyclic) bond motifs is 1. The van der Waals surface area contributed by atoms with Crippen LogP contribution in [0, 0.1) is 5.92 Å². The number of hydrogen-bond acceptors (Lipinski definition) is 4. The van der Waals surface area contributed by atoms with Crippen LogP contribution in [-0.4, -0.2) is 42.3 Å². The molecule has 4 rings (SSSR count). The maximum Gasteiger partial charge on any atom is 0.251 e. The lowest BCUT2D eigenvalue weighted by atomic mass is 10.2. The summed E-state index contributed by atoms with van der Waals surface area (Å²) in [7, 11) is -3.00. The molecule has 2 aliphatic heterocycles. The summed E-state index contributed by atoms with van der Waals surface area (Å²) in [6.07, 6.45) is 1.85. The van der Waals surface area contributed by atoms with Gasteiger partial charge in [-0.2, -0.15) is 4.99 Å². The minimum absolute atomic E-state index is 0.0315. The van der Waals surface area contributed by atoms with Crippen LogP contribution in [0.4, 0.5) is 5.69 Å². The molecule has 1 aromatic rings. The molecule has 3 fully saturated rings. The number of sulfone groups is 1. The van der Waals surface area contributed by atoms with Gasteiger partial charge in [-0.25, -0.2) is 8.42 Å². The molecule has 1 saturated carbocycles. The molecule has 22 heavy (non-hydrogen) atoms. The van der Waals surface area contributed by atoms with Gasteiger partial charge in [-0.05, 0) is 25.0 Å². The zero-order valence-corrected chi connectivity index (χ0v) is 13.5. The van der Waals surface area contributed by atoms with Gasteiger partial charge >= 0.3 is 0 Å². The first-order chi connectivity index (χ1) is 10.5. The normalized spacial score (nSPS) is 31.5. The molecular weight excluding hydrogens is 320 g/mol. The molecule has 116 valence electrons. The van der Waals surface area contributed by atoms with Gasteiger partial charge in [0.05, 0.1) is 17.5 Å². The summed E-state index contributed by atoms with van der Waals surface area (Å²) >= 11 is 1.44. The first-order valence-electron chi connectivity index (χ1n) is 7.37. The Morgan fingerprint density at radius 3 is 2.59 bits per heavy atom. The van der Waals surface area contributed by atoms with E-state index in [0.717, 1.165) is 18.5 Å². The molecule has 0 aromatic heterocycles. The summed E-state index contributed by atoms with van der Waals surface area (Å²) in [5.74, 6) is 0.319. The van der Waals surface area contributed by atoms with Gasteiger partial charge in [0.1, 0.15) is 0 Å². The van der Waals surface area contributed by atoms with Crippen LogP contribution in [0.25, 0.3) is 0 Å². The van der Waals surface area contributed by atoms with E-state index in [1.807, 2.05) is 35.2 Å². The van der Waals surface area contributed by atoms with E-state index in [1.54, 1.807) is 0 Å². The van der Waals surface area contributed by atoms with Gasteiger partial charge in [-0.3, -0.25) is 4.79 Å². The lowest BCUT2D eigenvalue weighted by molar-refractivity contribution is -0.118. The average molecular weight is 336 g/mol. The molecule has 0 bridgehead atoms. The molecule has 1 aliphatic carbocycles. The molecule has 2 atom stereocenters. The van der Waals surface area contributed by atoms with Crippen molar-refractivity contribution >= 4 is 38.4 Å². The van der Waals surface area contributed by atoms with Crippen molar-refractivity contribution < 1.29 is 13.2 Å². The molecule has 0 radical (unpaired) electrons. The second-order valence-electron chi connectivity index (χ2n) is 6.01. The quantitative estimate of drug-likeness (QED) is 0.822. The summed E-state index contributed by atoms with van der Waals surface area (Å²) in [6.45, 7) is 0. The number of benzene rings is 1. The number of hydrogen-bond donors (Lipinski definition) is 0. The number of amides is 1. The van der Waals surface area contributed by atoms with Crippen molar-refractivity contribution in [3.8, 4) is 0 Å². The van der Waals surface area contributed by atoms with Crippen LogP contribution in [-0.2, 0) is 14.6 Å². The number of aliphatic imine (C=N–C) groups is 1. The number of carbonyl (C=O) groups excluding carboxylic acids is 1. The van der Waals surface area contributed by atoms with Gasteiger partial charge in [0.15, 0.2) is 15.0 Å². The van der Waals surface area contributed by atoms with Crippen LogP contribution >= 0.6 is 11.8 Å². The number of carbonyl (C=O) groups is 1. The van der Waals surface area contributed by atoms with Crippen LogP contribution in [0.1, 0.15) is 12.8 Å². The molecule has 2 saturated heterocycles. The summed E-state index contributed by atoms with van der Waals surface area (Å²) < 4.78 is 23.8. The zero-order chi connectivity index (χ0) is 15.3. The van der Waals surface area contributed by atoms with Gasteiger partial charge in [-0.1, -0.05) is 30.0 Å². The molecule has 2 heterocycles. The Kier molecular flexibility index (Phi) is 3.30. The minimum Gasteiger partial charge on any atom is -0.316 e. The highest BCUT2D eigenvalue weighted by Crippen LogP contribution is 2.41. The van der Waals surface area contributed by atoms with Crippen molar-refractivity contribution in [2.45, 2.75) is 24.1 Å². The fourth-order valence-corrected chi connectivity index (χ4v) is 6.89. The van der Waals surface area contributed by atoms with Crippen LogP contribution in [0.3, 0.4) is 0 Å². The number of rotatable bonds is 2. The van der Waals surface area contributed by atoms with Gasteiger partial charge in [0.2, 0.25) is 0 Å². The van der Waals surface area contributed by atoms with Crippen LogP contribution in [0.2, 0.25) is 0 Å².